The van der Waals surface area contributed by atoms with Crippen molar-refractivity contribution in [1.29, 1.82) is 0 Å². The standard InChI is InChI=1S/C15H19N3O3S/c1-10-6-17(8-15(2,3)21-10)12(19)7-18-9-16-13-11(14(18)20)4-5-22-13/h4-5,9-10H,6-8H2,1-3H3/t10-/m0/s1. The second-order valence-corrected chi connectivity index (χ2v) is 7.17. The van der Waals surface area contributed by atoms with E-state index >= 15 is 0 Å². The average molecular weight is 321 g/mol. The van der Waals surface area contributed by atoms with Crippen LogP contribution in [0.3, 0.4) is 0 Å². The number of rotatable bonds is 2. The predicted molar refractivity (Wildman–Crippen MR) is 85.1 cm³/mol. The minimum absolute atomic E-state index is 0.0121. The molecule has 0 N–H and O–H groups in total. The summed E-state index contributed by atoms with van der Waals surface area (Å²) < 4.78 is 7.18. The summed E-state index contributed by atoms with van der Waals surface area (Å²) in [4.78, 5) is 31.5. The van der Waals surface area contributed by atoms with Gasteiger partial charge in [-0.15, -0.1) is 11.3 Å². The number of morpholine rings is 1. The van der Waals surface area contributed by atoms with E-state index < -0.39 is 0 Å². The van der Waals surface area contributed by atoms with Crippen LogP contribution >= 0.6 is 11.3 Å². The molecule has 0 saturated carbocycles. The van der Waals surface area contributed by atoms with Gasteiger partial charge in [-0.1, -0.05) is 0 Å². The van der Waals surface area contributed by atoms with E-state index in [4.69, 9.17) is 4.74 Å². The van der Waals surface area contributed by atoms with Crippen molar-refractivity contribution in [1.82, 2.24) is 14.5 Å². The minimum atomic E-state index is -0.367. The lowest BCUT2D eigenvalue weighted by molar-refractivity contribution is -0.158. The molecule has 7 heteroatoms. The van der Waals surface area contributed by atoms with Gasteiger partial charge in [-0.25, -0.2) is 4.98 Å². The summed E-state index contributed by atoms with van der Waals surface area (Å²) in [5.74, 6) is -0.0818. The third kappa shape index (κ3) is 2.91. The second-order valence-electron chi connectivity index (χ2n) is 6.28. The van der Waals surface area contributed by atoms with E-state index in [1.807, 2.05) is 26.2 Å². The third-order valence-electron chi connectivity index (χ3n) is 3.68. The van der Waals surface area contributed by atoms with Gasteiger partial charge in [0.25, 0.3) is 5.56 Å². The highest BCUT2D eigenvalue weighted by molar-refractivity contribution is 7.16. The first kappa shape index (κ1) is 15.2. The summed E-state index contributed by atoms with van der Waals surface area (Å²) in [5.41, 5.74) is -0.534. The maximum atomic E-state index is 12.5. The first-order valence-corrected chi connectivity index (χ1v) is 8.12. The molecule has 1 aliphatic heterocycles. The van der Waals surface area contributed by atoms with Crippen LogP contribution in [0.25, 0.3) is 10.2 Å². The molecule has 1 saturated heterocycles. The molecule has 118 valence electrons. The summed E-state index contributed by atoms with van der Waals surface area (Å²) in [6, 6.07) is 1.75. The van der Waals surface area contributed by atoms with Crippen molar-refractivity contribution in [3.63, 3.8) is 0 Å². The topological polar surface area (TPSA) is 64.4 Å². The fourth-order valence-corrected chi connectivity index (χ4v) is 3.62. The Bertz CT molecular complexity index is 765. The molecule has 1 fully saturated rings. The Hall–Kier alpha value is -1.73. The number of fused-ring (bicyclic) bond motifs is 1. The molecular formula is C15H19N3O3S. The molecule has 0 aromatic carbocycles. The van der Waals surface area contributed by atoms with Crippen molar-refractivity contribution >= 4 is 27.5 Å². The van der Waals surface area contributed by atoms with Gasteiger partial charge in [0.05, 0.1) is 23.4 Å². The van der Waals surface area contributed by atoms with E-state index in [0.717, 1.165) is 0 Å². The molecule has 3 heterocycles. The van der Waals surface area contributed by atoms with Crippen LogP contribution in [0.4, 0.5) is 0 Å². The van der Waals surface area contributed by atoms with Crippen molar-refractivity contribution in [2.24, 2.45) is 0 Å². The van der Waals surface area contributed by atoms with E-state index in [-0.39, 0.29) is 29.7 Å². The predicted octanol–water partition coefficient (Wildman–Crippen LogP) is 1.48. The lowest BCUT2D eigenvalue weighted by Crippen LogP contribution is -2.54. The molecule has 0 unspecified atom stereocenters. The highest BCUT2D eigenvalue weighted by atomic mass is 32.1. The van der Waals surface area contributed by atoms with Crippen LogP contribution in [0.15, 0.2) is 22.6 Å². The van der Waals surface area contributed by atoms with Crippen LogP contribution in [-0.4, -0.2) is 45.2 Å². The van der Waals surface area contributed by atoms with Gasteiger partial charge >= 0.3 is 0 Å². The molecule has 2 aromatic rings. The Morgan fingerprint density at radius 1 is 1.55 bits per heavy atom. The zero-order chi connectivity index (χ0) is 15.9. The Labute approximate surface area is 132 Å². The molecule has 3 rings (SSSR count). The minimum Gasteiger partial charge on any atom is -0.369 e. The lowest BCUT2D eigenvalue weighted by Gasteiger charge is -2.41. The summed E-state index contributed by atoms with van der Waals surface area (Å²) in [6.07, 6.45) is 1.44. The number of aromatic nitrogens is 2. The molecule has 1 amide bonds. The molecule has 0 spiro atoms. The smallest absolute Gasteiger partial charge is 0.262 e. The van der Waals surface area contributed by atoms with E-state index in [2.05, 4.69) is 4.98 Å². The molecule has 0 bridgehead atoms. The van der Waals surface area contributed by atoms with Gasteiger partial charge < -0.3 is 9.64 Å². The van der Waals surface area contributed by atoms with Gasteiger partial charge in [-0.2, -0.15) is 0 Å². The van der Waals surface area contributed by atoms with Crippen molar-refractivity contribution in [2.45, 2.75) is 39.0 Å². The first-order chi connectivity index (χ1) is 10.4. The lowest BCUT2D eigenvalue weighted by atomic mass is 10.1. The quantitative estimate of drug-likeness (QED) is 0.840. The van der Waals surface area contributed by atoms with Crippen LogP contribution in [0.5, 0.6) is 0 Å². The van der Waals surface area contributed by atoms with Crippen LogP contribution < -0.4 is 5.56 Å². The first-order valence-electron chi connectivity index (χ1n) is 7.24. The van der Waals surface area contributed by atoms with Crippen molar-refractivity contribution in [2.75, 3.05) is 13.1 Å². The van der Waals surface area contributed by atoms with Gasteiger partial charge in [0.2, 0.25) is 5.91 Å². The number of nitrogens with zero attached hydrogens (tertiary/aromatic N) is 3. The number of hydrogen-bond acceptors (Lipinski definition) is 5. The Morgan fingerprint density at radius 3 is 3.05 bits per heavy atom. The SMILES string of the molecule is C[C@H]1CN(C(=O)Cn2cnc3sccc3c2=O)CC(C)(C)O1. The van der Waals surface area contributed by atoms with Crippen LogP contribution in [0.2, 0.25) is 0 Å². The van der Waals surface area contributed by atoms with Gasteiger partial charge in [0, 0.05) is 13.1 Å². The van der Waals surface area contributed by atoms with E-state index in [0.29, 0.717) is 23.3 Å². The highest BCUT2D eigenvalue weighted by Gasteiger charge is 2.33. The second kappa shape index (κ2) is 5.48. The Morgan fingerprint density at radius 2 is 2.32 bits per heavy atom. The van der Waals surface area contributed by atoms with Crippen LogP contribution in [0, 0.1) is 0 Å². The average Bonchev–Trinajstić information content (AvgIpc) is 2.88. The summed E-state index contributed by atoms with van der Waals surface area (Å²) in [5, 5.41) is 2.40. The molecule has 0 radical (unpaired) electrons. The molecule has 6 nitrogen and oxygen atoms in total. The number of amides is 1. The Balaban J connectivity index is 1.81. The molecule has 2 aromatic heterocycles. The molecule has 0 aliphatic carbocycles. The summed E-state index contributed by atoms with van der Waals surface area (Å²) >= 11 is 1.42. The zero-order valence-corrected chi connectivity index (χ0v) is 13.7. The summed E-state index contributed by atoms with van der Waals surface area (Å²) in [7, 11) is 0. The number of carbonyl (C=O) groups is 1. The fourth-order valence-electron chi connectivity index (χ4n) is 2.90. The van der Waals surface area contributed by atoms with Gasteiger partial charge in [0.1, 0.15) is 11.4 Å². The molecule has 1 aliphatic rings. The van der Waals surface area contributed by atoms with Gasteiger partial charge in [-0.05, 0) is 32.2 Å². The maximum absolute atomic E-state index is 12.5. The molecular weight excluding hydrogens is 302 g/mol. The molecule has 1 atom stereocenters. The van der Waals surface area contributed by atoms with Crippen LogP contribution in [0.1, 0.15) is 20.8 Å². The highest BCUT2D eigenvalue weighted by Crippen LogP contribution is 2.21. The van der Waals surface area contributed by atoms with Crippen molar-refractivity contribution in [3.05, 3.63) is 28.1 Å². The third-order valence-corrected chi connectivity index (χ3v) is 4.50. The number of thiophene rings is 1. The largest absolute Gasteiger partial charge is 0.369 e. The Kier molecular flexibility index (Phi) is 3.78. The summed E-state index contributed by atoms with van der Waals surface area (Å²) in [6.45, 7) is 6.97. The van der Waals surface area contributed by atoms with Gasteiger partial charge in [-0.3, -0.25) is 14.2 Å². The molecule has 22 heavy (non-hydrogen) atoms. The van der Waals surface area contributed by atoms with Crippen molar-refractivity contribution in [3.8, 4) is 0 Å². The van der Waals surface area contributed by atoms with Crippen LogP contribution in [-0.2, 0) is 16.1 Å². The van der Waals surface area contributed by atoms with Gasteiger partial charge in [0.15, 0.2) is 0 Å². The fraction of sp³-hybridized carbons (Fsp3) is 0.533. The number of hydrogen-bond donors (Lipinski definition) is 0. The van der Waals surface area contributed by atoms with E-state index in [1.54, 1.807) is 11.0 Å². The van der Waals surface area contributed by atoms with E-state index in [9.17, 15) is 9.59 Å². The zero-order valence-electron chi connectivity index (χ0n) is 12.9. The number of ether oxygens (including phenoxy) is 1. The number of carbonyl (C=O) groups excluding carboxylic acids is 1. The van der Waals surface area contributed by atoms with E-state index in [1.165, 1.54) is 22.2 Å². The normalized spacial score (nSPS) is 21.2. The maximum Gasteiger partial charge on any atom is 0.262 e. The van der Waals surface area contributed by atoms with Crippen molar-refractivity contribution < 1.29 is 9.53 Å². The monoisotopic (exact) mass is 321 g/mol.